The summed E-state index contributed by atoms with van der Waals surface area (Å²) in [5.41, 5.74) is -1.81. The molecule has 5 heteroatoms. The van der Waals surface area contributed by atoms with E-state index in [0.29, 0.717) is 37.7 Å². The average Bonchev–Trinajstić information content (AvgIpc) is 2.93. The molecular formula is C21H27FO4. The molecule has 0 saturated heterocycles. The number of Topliss-reactive ketones (excluding diaryl/α,β-unsaturated/α-hetero) is 1. The van der Waals surface area contributed by atoms with Gasteiger partial charge in [0, 0.05) is 23.2 Å². The normalized spacial score (nSPS) is 47.4. The Morgan fingerprint density at radius 3 is 2.73 bits per heavy atom. The van der Waals surface area contributed by atoms with Crippen molar-refractivity contribution >= 4 is 11.6 Å². The first-order chi connectivity index (χ1) is 12.2. The fourth-order valence-corrected chi connectivity index (χ4v) is 6.66. The fraction of sp³-hybridized carbons (Fsp3) is 0.714. The summed E-state index contributed by atoms with van der Waals surface area (Å²) in [5.74, 6) is -0.684. The number of carbonyl (C=O) groups is 2. The second kappa shape index (κ2) is 5.59. The van der Waals surface area contributed by atoms with Gasteiger partial charge in [0.15, 0.2) is 11.6 Å². The van der Waals surface area contributed by atoms with Gasteiger partial charge in [0.25, 0.3) is 0 Å². The van der Waals surface area contributed by atoms with Crippen molar-refractivity contribution in [3.8, 4) is 0 Å². The molecule has 0 aromatic rings. The number of halogens is 1. The molecule has 2 N–H and O–H groups in total. The number of aliphatic hydroxyl groups is 2. The maximum atomic E-state index is 16.7. The van der Waals surface area contributed by atoms with Gasteiger partial charge in [-0.3, -0.25) is 9.59 Å². The molecule has 4 aliphatic carbocycles. The van der Waals surface area contributed by atoms with Crippen LogP contribution in [-0.2, 0) is 9.59 Å². The van der Waals surface area contributed by atoms with Crippen molar-refractivity contribution < 1.29 is 24.2 Å². The van der Waals surface area contributed by atoms with Gasteiger partial charge in [0.1, 0.15) is 12.3 Å². The molecule has 4 rings (SSSR count). The molecule has 0 aliphatic heterocycles. The molecular weight excluding hydrogens is 335 g/mol. The van der Waals surface area contributed by atoms with E-state index in [-0.39, 0.29) is 29.8 Å². The molecule has 0 aromatic carbocycles. The lowest BCUT2D eigenvalue weighted by atomic mass is 9.44. The lowest BCUT2D eigenvalue weighted by molar-refractivity contribution is -0.200. The molecule has 0 aromatic heterocycles. The number of hydrogen-bond acceptors (Lipinski definition) is 4. The van der Waals surface area contributed by atoms with E-state index in [1.54, 1.807) is 6.08 Å². The van der Waals surface area contributed by atoms with Crippen molar-refractivity contribution in [2.24, 2.45) is 22.7 Å². The van der Waals surface area contributed by atoms with Gasteiger partial charge in [0.05, 0.1) is 6.10 Å². The molecule has 0 heterocycles. The monoisotopic (exact) mass is 362 g/mol. The summed E-state index contributed by atoms with van der Waals surface area (Å²) in [6.07, 6.45) is 5.05. The fourth-order valence-electron chi connectivity index (χ4n) is 6.66. The van der Waals surface area contributed by atoms with Crippen LogP contribution in [0.4, 0.5) is 4.39 Å². The zero-order chi connectivity index (χ0) is 18.9. The minimum atomic E-state index is -1.78. The summed E-state index contributed by atoms with van der Waals surface area (Å²) in [6.45, 7) is 3.25. The Bertz CT molecular complexity index is 740. The van der Waals surface area contributed by atoms with E-state index in [1.807, 2.05) is 19.9 Å². The summed E-state index contributed by atoms with van der Waals surface area (Å²) in [5, 5.41) is 20.3. The van der Waals surface area contributed by atoms with Gasteiger partial charge in [-0.1, -0.05) is 25.5 Å². The lowest BCUT2D eigenvalue weighted by Gasteiger charge is -2.62. The van der Waals surface area contributed by atoms with Crippen molar-refractivity contribution in [2.45, 2.75) is 64.1 Å². The second-order valence-corrected chi connectivity index (χ2v) is 9.06. The van der Waals surface area contributed by atoms with E-state index in [1.165, 1.54) is 0 Å². The van der Waals surface area contributed by atoms with Gasteiger partial charge in [-0.05, 0) is 49.7 Å². The summed E-state index contributed by atoms with van der Waals surface area (Å²) in [6, 6.07) is 0. The third kappa shape index (κ3) is 2.02. The number of aliphatic hydroxyl groups excluding tert-OH is 2. The van der Waals surface area contributed by atoms with E-state index in [2.05, 4.69) is 0 Å². The highest BCUT2D eigenvalue weighted by Crippen LogP contribution is 2.68. The standard InChI is InChI=1S/C21H27FO4/c1-19-10-18(26)21(22)15(14(19)5-6-16(19)17(25)11-23)4-3-12-9-13(24)7-8-20(12,21)2/h6,9,14-15,18,23,26H,3-5,7-8,10-11H2,1-2H3/t14-,15-,18?,19-,20-,21-/m0/s1. The third-order valence-electron chi connectivity index (χ3n) is 8.07. The van der Waals surface area contributed by atoms with Crippen molar-refractivity contribution in [3.63, 3.8) is 0 Å². The van der Waals surface area contributed by atoms with Gasteiger partial charge in [-0.25, -0.2) is 4.39 Å². The van der Waals surface area contributed by atoms with Crippen molar-refractivity contribution in [2.75, 3.05) is 6.61 Å². The van der Waals surface area contributed by atoms with Crippen LogP contribution in [0, 0.1) is 22.7 Å². The first-order valence-corrected chi connectivity index (χ1v) is 9.64. The van der Waals surface area contributed by atoms with Gasteiger partial charge in [-0.2, -0.15) is 0 Å². The topological polar surface area (TPSA) is 74.6 Å². The zero-order valence-corrected chi connectivity index (χ0v) is 15.4. The minimum absolute atomic E-state index is 0.0491. The summed E-state index contributed by atoms with van der Waals surface area (Å²) < 4.78 is 16.7. The van der Waals surface area contributed by atoms with Crippen LogP contribution >= 0.6 is 0 Å². The van der Waals surface area contributed by atoms with Crippen molar-refractivity contribution in [1.29, 1.82) is 0 Å². The van der Waals surface area contributed by atoms with Crippen molar-refractivity contribution in [1.82, 2.24) is 0 Å². The van der Waals surface area contributed by atoms with Crippen LogP contribution in [0.2, 0.25) is 0 Å². The number of allylic oxidation sites excluding steroid dienone is 3. The average molecular weight is 362 g/mol. The Hall–Kier alpha value is -1.33. The molecule has 4 nitrogen and oxygen atoms in total. The van der Waals surface area contributed by atoms with Gasteiger partial charge >= 0.3 is 0 Å². The van der Waals surface area contributed by atoms with Crippen LogP contribution in [0.15, 0.2) is 23.3 Å². The molecule has 26 heavy (non-hydrogen) atoms. The van der Waals surface area contributed by atoms with Gasteiger partial charge in [-0.15, -0.1) is 0 Å². The number of fused-ring (bicyclic) bond motifs is 5. The van der Waals surface area contributed by atoms with Crippen molar-refractivity contribution in [3.05, 3.63) is 23.3 Å². The molecule has 142 valence electrons. The first kappa shape index (κ1) is 18.1. The maximum Gasteiger partial charge on any atom is 0.184 e. The molecule has 2 saturated carbocycles. The largest absolute Gasteiger partial charge is 0.390 e. The minimum Gasteiger partial charge on any atom is -0.390 e. The van der Waals surface area contributed by atoms with Crippen LogP contribution in [0.25, 0.3) is 0 Å². The van der Waals surface area contributed by atoms with Crippen LogP contribution in [0.1, 0.15) is 52.4 Å². The molecule has 0 radical (unpaired) electrons. The molecule has 1 unspecified atom stereocenters. The van der Waals surface area contributed by atoms with Crippen LogP contribution in [-0.4, -0.2) is 40.2 Å². The van der Waals surface area contributed by atoms with Crippen LogP contribution in [0.5, 0.6) is 0 Å². The number of carbonyl (C=O) groups excluding carboxylic acids is 2. The summed E-state index contributed by atoms with van der Waals surface area (Å²) in [7, 11) is 0. The summed E-state index contributed by atoms with van der Waals surface area (Å²) >= 11 is 0. The number of rotatable bonds is 2. The second-order valence-electron chi connectivity index (χ2n) is 9.06. The highest BCUT2D eigenvalue weighted by molar-refractivity contribution is 5.98. The van der Waals surface area contributed by atoms with Gasteiger partial charge in [0.2, 0.25) is 0 Å². The molecule has 6 atom stereocenters. The third-order valence-corrected chi connectivity index (χ3v) is 8.07. The SMILES string of the molecule is C[C@]12CCC(=O)C=C1CC[C@H]1[C@@H]3CC=C(C(=O)CO)[C@@]3(C)CC(O)[C@@]12F. The number of alkyl halides is 1. The molecule has 2 fully saturated rings. The molecule has 4 aliphatic rings. The smallest absolute Gasteiger partial charge is 0.184 e. The molecule has 0 spiro atoms. The van der Waals surface area contributed by atoms with Crippen LogP contribution in [0.3, 0.4) is 0 Å². The Balaban J connectivity index is 1.77. The highest BCUT2D eigenvalue weighted by Gasteiger charge is 2.70. The van der Waals surface area contributed by atoms with Crippen LogP contribution < -0.4 is 0 Å². The first-order valence-electron chi connectivity index (χ1n) is 9.64. The lowest BCUT2D eigenvalue weighted by Crippen LogP contribution is -2.67. The Labute approximate surface area is 153 Å². The molecule has 0 bridgehead atoms. The van der Waals surface area contributed by atoms with Gasteiger partial charge < -0.3 is 10.2 Å². The Morgan fingerprint density at radius 1 is 1.31 bits per heavy atom. The number of hydrogen-bond donors (Lipinski definition) is 2. The van der Waals surface area contributed by atoms with E-state index in [0.717, 1.165) is 5.57 Å². The van der Waals surface area contributed by atoms with E-state index in [9.17, 15) is 19.8 Å². The van der Waals surface area contributed by atoms with E-state index >= 15 is 4.39 Å². The molecule has 0 amide bonds. The predicted octanol–water partition coefficient (Wildman–Crippen LogP) is 2.68. The van der Waals surface area contributed by atoms with E-state index < -0.39 is 29.2 Å². The Kier molecular flexibility index (Phi) is 3.88. The zero-order valence-electron chi connectivity index (χ0n) is 15.4. The maximum absolute atomic E-state index is 16.7. The summed E-state index contributed by atoms with van der Waals surface area (Å²) in [4.78, 5) is 24.1. The number of ketones is 2. The highest BCUT2D eigenvalue weighted by atomic mass is 19.1. The predicted molar refractivity (Wildman–Crippen MR) is 94.0 cm³/mol. The van der Waals surface area contributed by atoms with E-state index in [4.69, 9.17) is 0 Å². The quantitative estimate of drug-likeness (QED) is 0.792. The Morgan fingerprint density at radius 2 is 2.04 bits per heavy atom.